The molecule has 2 aromatic carbocycles. The summed E-state index contributed by atoms with van der Waals surface area (Å²) in [5.41, 5.74) is 1.65. The zero-order valence-electron chi connectivity index (χ0n) is 10.1. The molecule has 0 fully saturated rings. The van der Waals surface area contributed by atoms with Gasteiger partial charge in [-0.05, 0) is 17.2 Å². The van der Waals surface area contributed by atoms with E-state index in [2.05, 4.69) is 5.32 Å². The van der Waals surface area contributed by atoms with Crippen molar-refractivity contribution in [1.29, 1.82) is 0 Å². The Hall–Kier alpha value is -1.51. The normalized spacial score (nSPS) is 11.9. The molecule has 98 valence electrons. The van der Waals surface area contributed by atoms with E-state index in [0.717, 1.165) is 11.1 Å². The van der Waals surface area contributed by atoms with Crippen LogP contribution < -0.4 is 5.32 Å². The average Bonchev–Trinajstić information content (AvgIpc) is 2.46. The van der Waals surface area contributed by atoms with Crippen molar-refractivity contribution < 1.29 is 4.79 Å². The lowest BCUT2D eigenvalue weighted by Gasteiger charge is -2.11. The van der Waals surface area contributed by atoms with E-state index in [9.17, 15) is 4.79 Å². The van der Waals surface area contributed by atoms with Gasteiger partial charge < -0.3 is 5.32 Å². The van der Waals surface area contributed by atoms with Gasteiger partial charge >= 0.3 is 0 Å². The zero-order chi connectivity index (χ0) is 13.7. The van der Waals surface area contributed by atoms with E-state index in [1.807, 2.05) is 48.5 Å². The smallest absolute Gasteiger partial charge is 0.242 e. The van der Waals surface area contributed by atoms with Crippen LogP contribution in [-0.2, 0) is 11.3 Å². The van der Waals surface area contributed by atoms with Gasteiger partial charge in [0.25, 0.3) is 0 Å². The van der Waals surface area contributed by atoms with Crippen LogP contribution in [0.1, 0.15) is 16.5 Å². The third-order valence-electron chi connectivity index (χ3n) is 2.73. The predicted molar refractivity (Wildman–Crippen MR) is 78.3 cm³/mol. The fraction of sp³-hybridized carbons (Fsp3) is 0.133. The number of benzene rings is 2. The molecule has 0 aliphatic carbocycles. The molecule has 0 radical (unpaired) electrons. The van der Waals surface area contributed by atoms with Crippen LogP contribution in [0.4, 0.5) is 0 Å². The highest BCUT2D eigenvalue weighted by Crippen LogP contribution is 2.20. The average molecular weight is 294 g/mol. The number of halogens is 2. The van der Waals surface area contributed by atoms with Gasteiger partial charge in [0.1, 0.15) is 5.38 Å². The molecule has 2 rings (SSSR count). The molecule has 4 heteroatoms. The van der Waals surface area contributed by atoms with E-state index in [4.69, 9.17) is 23.2 Å². The lowest BCUT2D eigenvalue weighted by atomic mass is 10.1. The fourth-order valence-corrected chi connectivity index (χ4v) is 2.11. The van der Waals surface area contributed by atoms with Crippen LogP contribution in [0, 0.1) is 0 Å². The molecule has 2 nitrogen and oxygen atoms in total. The lowest BCUT2D eigenvalue weighted by molar-refractivity contribution is -0.121. The summed E-state index contributed by atoms with van der Waals surface area (Å²) in [6, 6.07) is 16.6. The summed E-state index contributed by atoms with van der Waals surface area (Å²) in [6.07, 6.45) is 0. The van der Waals surface area contributed by atoms with Crippen molar-refractivity contribution in [2.45, 2.75) is 11.9 Å². The highest BCUT2D eigenvalue weighted by molar-refractivity contribution is 6.31. The molecule has 0 spiro atoms. The minimum Gasteiger partial charge on any atom is -0.350 e. The minimum absolute atomic E-state index is 0.229. The Balaban J connectivity index is 1.97. The quantitative estimate of drug-likeness (QED) is 0.850. The molecule has 0 saturated carbocycles. The van der Waals surface area contributed by atoms with Crippen LogP contribution in [0.15, 0.2) is 54.6 Å². The molecular weight excluding hydrogens is 281 g/mol. The summed E-state index contributed by atoms with van der Waals surface area (Å²) in [4.78, 5) is 11.9. The number of nitrogens with one attached hydrogen (secondary N) is 1. The summed E-state index contributed by atoms with van der Waals surface area (Å²) in [5, 5.41) is 2.72. The molecule has 0 heterocycles. The molecule has 0 saturated heterocycles. The van der Waals surface area contributed by atoms with Gasteiger partial charge in [0.2, 0.25) is 5.91 Å². The second-order valence-electron chi connectivity index (χ2n) is 4.08. The second-order valence-corrected chi connectivity index (χ2v) is 4.93. The van der Waals surface area contributed by atoms with E-state index in [-0.39, 0.29) is 5.91 Å². The first-order valence-electron chi connectivity index (χ1n) is 5.88. The summed E-state index contributed by atoms with van der Waals surface area (Å²) in [5.74, 6) is -0.229. The maximum absolute atomic E-state index is 11.9. The largest absolute Gasteiger partial charge is 0.350 e. The van der Waals surface area contributed by atoms with Crippen molar-refractivity contribution in [3.05, 3.63) is 70.7 Å². The van der Waals surface area contributed by atoms with Crippen molar-refractivity contribution in [3.8, 4) is 0 Å². The zero-order valence-corrected chi connectivity index (χ0v) is 11.7. The third kappa shape index (κ3) is 3.72. The Morgan fingerprint density at radius 1 is 1.05 bits per heavy atom. The molecule has 0 bridgehead atoms. The number of carbonyl (C=O) groups excluding carboxylic acids is 1. The van der Waals surface area contributed by atoms with Crippen molar-refractivity contribution in [1.82, 2.24) is 5.32 Å². The molecule has 1 N–H and O–H groups in total. The first kappa shape index (κ1) is 13.9. The Bertz CT molecular complexity index is 557. The van der Waals surface area contributed by atoms with Gasteiger partial charge in [-0.25, -0.2) is 0 Å². The maximum Gasteiger partial charge on any atom is 0.242 e. The number of amides is 1. The van der Waals surface area contributed by atoms with E-state index < -0.39 is 5.38 Å². The summed E-state index contributed by atoms with van der Waals surface area (Å²) in [7, 11) is 0. The number of alkyl halides is 1. The summed E-state index contributed by atoms with van der Waals surface area (Å²) in [6.45, 7) is 0.370. The molecule has 19 heavy (non-hydrogen) atoms. The molecule has 1 atom stereocenters. The molecule has 0 aliphatic heterocycles. The van der Waals surface area contributed by atoms with Crippen molar-refractivity contribution in [2.24, 2.45) is 0 Å². The Labute approximate surface area is 122 Å². The highest BCUT2D eigenvalue weighted by Gasteiger charge is 2.16. The van der Waals surface area contributed by atoms with Crippen LogP contribution in [-0.4, -0.2) is 5.91 Å². The van der Waals surface area contributed by atoms with Gasteiger partial charge in [0, 0.05) is 11.6 Å². The first-order chi connectivity index (χ1) is 9.18. The molecule has 1 unspecified atom stereocenters. The van der Waals surface area contributed by atoms with Crippen molar-refractivity contribution >= 4 is 29.1 Å². The predicted octanol–water partition coefficient (Wildman–Crippen LogP) is 3.94. The number of hydrogen-bond acceptors (Lipinski definition) is 1. The first-order valence-corrected chi connectivity index (χ1v) is 6.70. The van der Waals surface area contributed by atoms with Gasteiger partial charge in [0.05, 0.1) is 0 Å². The van der Waals surface area contributed by atoms with Crippen LogP contribution in [0.25, 0.3) is 0 Å². The molecule has 1 amide bonds. The van der Waals surface area contributed by atoms with E-state index in [1.165, 1.54) is 0 Å². The van der Waals surface area contributed by atoms with Gasteiger partial charge in [-0.3, -0.25) is 4.79 Å². The van der Waals surface area contributed by atoms with Gasteiger partial charge in [-0.1, -0.05) is 60.1 Å². The molecule has 2 aromatic rings. The van der Waals surface area contributed by atoms with Gasteiger partial charge in [-0.15, -0.1) is 11.6 Å². The van der Waals surface area contributed by atoms with Crippen LogP contribution in [0.2, 0.25) is 5.02 Å². The van der Waals surface area contributed by atoms with E-state index in [1.54, 1.807) is 6.07 Å². The molecule has 0 aromatic heterocycles. The van der Waals surface area contributed by atoms with Crippen LogP contribution in [0.3, 0.4) is 0 Å². The lowest BCUT2D eigenvalue weighted by Crippen LogP contribution is -2.26. The highest BCUT2D eigenvalue weighted by atomic mass is 35.5. The maximum atomic E-state index is 11.9. The van der Waals surface area contributed by atoms with Gasteiger partial charge in [0.15, 0.2) is 0 Å². The van der Waals surface area contributed by atoms with Crippen molar-refractivity contribution in [3.63, 3.8) is 0 Å². The standard InChI is InChI=1S/C15H13Cl2NO/c16-13-9-5-4-8-12(13)10-18-15(19)14(17)11-6-2-1-3-7-11/h1-9,14H,10H2,(H,18,19). The van der Waals surface area contributed by atoms with E-state index >= 15 is 0 Å². The summed E-state index contributed by atoms with van der Waals surface area (Å²) >= 11 is 12.1. The fourth-order valence-electron chi connectivity index (χ4n) is 1.69. The Morgan fingerprint density at radius 2 is 1.68 bits per heavy atom. The SMILES string of the molecule is O=C(NCc1ccccc1Cl)C(Cl)c1ccccc1. The van der Waals surface area contributed by atoms with E-state index in [0.29, 0.717) is 11.6 Å². The molecular formula is C15H13Cl2NO. The Kier molecular flexibility index (Phi) is 4.83. The number of carbonyl (C=O) groups is 1. The monoisotopic (exact) mass is 293 g/mol. The van der Waals surface area contributed by atoms with Crippen LogP contribution in [0.5, 0.6) is 0 Å². The topological polar surface area (TPSA) is 29.1 Å². The minimum atomic E-state index is -0.691. The van der Waals surface area contributed by atoms with Crippen LogP contribution >= 0.6 is 23.2 Å². The van der Waals surface area contributed by atoms with Crippen molar-refractivity contribution in [2.75, 3.05) is 0 Å². The number of rotatable bonds is 4. The van der Waals surface area contributed by atoms with Gasteiger partial charge in [-0.2, -0.15) is 0 Å². The molecule has 0 aliphatic rings. The second kappa shape index (κ2) is 6.60. The Morgan fingerprint density at radius 3 is 2.37 bits per heavy atom. The summed E-state index contributed by atoms with van der Waals surface area (Å²) < 4.78 is 0. The number of hydrogen-bond donors (Lipinski definition) is 1. The third-order valence-corrected chi connectivity index (χ3v) is 3.55.